The van der Waals surface area contributed by atoms with E-state index in [-0.39, 0.29) is 12.4 Å². The van der Waals surface area contributed by atoms with Crippen molar-refractivity contribution in [2.45, 2.75) is 51.7 Å². The highest BCUT2D eigenvalue weighted by atomic mass is 16.7. The van der Waals surface area contributed by atoms with Crippen LogP contribution in [0.5, 0.6) is 0 Å². The molecule has 2 aliphatic rings. The van der Waals surface area contributed by atoms with Crippen molar-refractivity contribution in [3.63, 3.8) is 0 Å². The number of hydrogen-bond acceptors (Lipinski definition) is 7. The van der Waals surface area contributed by atoms with Crippen LogP contribution in [-0.2, 0) is 27.3 Å². The Labute approximate surface area is 241 Å². The molecule has 6 rings (SSSR count). The fraction of sp³-hybridized carbons (Fsp3) is 0.394. The van der Waals surface area contributed by atoms with Crippen LogP contribution in [0.1, 0.15) is 60.5 Å². The second-order valence-electron chi connectivity index (χ2n) is 10.5. The maximum atomic E-state index is 6.12. The van der Waals surface area contributed by atoms with Crippen molar-refractivity contribution in [2.24, 2.45) is 0 Å². The molecule has 2 aromatic heterocycles. The monoisotopic (exact) mass is 552 g/mol. The van der Waals surface area contributed by atoms with Crippen molar-refractivity contribution in [1.29, 1.82) is 0 Å². The van der Waals surface area contributed by atoms with Gasteiger partial charge in [-0.15, -0.1) is 0 Å². The predicted octanol–water partition coefficient (Wildman–Crippen LogP) is 5.42. The number of benzene rings is 2. The van der Waals surface area contributed by atoms with Crippen LogP contribution in [0.4, 0.5) is 0 Å². The van der Waals surface area contributed by atoms with Crippen molar-refractivity contribution in [3.05, 3.63) is 95.4 Å². The number of morpholine rings is 1. The van der Waals surface area contributed by atoms with E-state index in [1.165, 1.54) is 5.56 Å². The van der Waals surface area contributed by atoms with Gasteiger partial charge >= 0.3 is 0 Å². The molecule has 0 aliphatic carbocycles. The van der Waals surface area contributed by atoms with E-state index in [0.29, 0.717) is 12.4 Å². The summed E-state index contributed by atoms with van der Waals surface area (Å²) in [6.45, 7) is 7.88. The van der Waals surface area contributed by atoms with Gasteiger partial charge in [0.1, 0.15) is 18.2 Å². The second kappa shape index (κ2) is 13.3. The molecular formula is C33H36N4O4. The van der Waals surface area contributed by atoms with Gasteiger partial charge in [0.2, 0.25) is 5.89 Å². The summed E-state index contributed by atoms with van der Waals surface area (Å²) in [4.78, 5) is 11.7. The molecule has 2 fully saturated rings. The maximum absolute atomic E-state index is 6.12. The lowest BCUT2D eigenvalue weighted by atomic mass is 10.1. The van der Waals surface area contributed by atoms with Crippen LogP contribution in [0, 0.1) is 11.8 Å². The molecule has 2 aromatic carbocycles. The lowest BCUT2D eigenvalue weighted by molar-refractivity contribution is -0.188. The van der Waals surface area contributed by atoms with E-state index in [0.717, 1.165) is 86.9 Å². The fourth-order valence-electron chi connectivity index (χ4n) is 5.16. The maximum Gasteiger partial charge on any atom is 0.226 e. The molecule has 0 spiro atoms. The number of ether oxygens (including phenoxy) is 3. The van der Waals surface area contributed by atoms with Crippen molar-refractivity contribution >= 4 is 0 Å². The van der Waals surface area contributed by atoms with Gasteiger partial charge in [0.05, 0.1) is 25.5 Å². The van der Waals surface area contributed by atoms with Gasteiger partial charge in [0.25, 0.3) is 0 Å². The minimum atomic E-state index is -0.179. The first kappa shape index (κ1) is 27.4. The van der Waals surface area contributed by atoms with E-state index in [4.69, 9.17) is 23.6 Å². The smallest absolute Gasteiger partial charge is 0.226 e. The third-order valence-corrected chi connectivity index (χ3v) is 7.44. The number of imidazole rings is 1. The summed E-state index contributed by atoms with van der Waals surface area (Å²) in [5, 5.41) is 0. The molecule has 0 N–H and O–H groups in total. The molecule has 0 bridgehead atoms. The van der Waals surface area contributed by atoms with Crippen LogP contribution in [0.25, 0.3) is 11.5 Å². The molecule has 2 atom stereocenters. The molecule has 0 amide bonds. The molecule has 8 heteroatoms. The number of oxazole rings is 1. The highest BCUT2D eigenvalue weighted by molar-refractivity contribution is 5.56. The predicted molar refractivity (Wildman–Crippen MR) is 155 cm³/mol. The van der Waals surface area contributed by atoms with Crippen LogP contribution in [0.15, 0.2) is 71.6 Å². The molecule has 8 nitrogen and oxygen atoms in total. The van der Waals surface area contributed by atoms with Gasteiger partial charge in [-0.05, 0) is 68.1 Å². The van der Waals surface area contributed by atoms with E-state index < -0.39 is 0 Å². The van der Waals surface area contributed by atoms with Crippen LogP contribution in [0.3, 0.4) is 0 Å². The Hall–Kier alpha value is -3.74. The molecule has 2 saturated heterocycles. The Morgan fingerprint density at radius 3 is 2.44 bits per heavy atom. The number of hydrogen-bond donors (Lipinski definition) is 0. The Morgan fingerprint density at radius 2 is 1.71 bits per heavy atom. The highest BCUT2D eigenvalue weighted by Gasteiger charge is 2.21. The first-order valence-corrected chi connectivity index (χ1v) is 14.4. The Balaban J connectivity index is 1.05. The third-order valence-electron chi connectivity index (χ3n) is 7.44. The molecule has 212 valence electrons. The molecular weight excluding hydrogens is 516 g/mol. The normalized spacial score (nSPS) is 18.5. The summed E-state index contributed by atoms with van der Waals surface area (Å²) in [6, 6.07) is 16.5. The summed E-state index contributed by atoms with van der Waals surface area (Å²) in [5.74, 6) is 7.96. The van der Waals surface area contributed by atoms with Gasteiger partial charge in [0, 0.05) is 55.3 Å². The Morgan fingerprint density at radius 1 is 0.951 bits per heavy atom. The number of nitrogens with zero attached hydrogens (tertiary/aromatic N) is 4. The first-order valence-electron chi connectivity index (χ1n) is 14.4. The topological polar surface area (TPSA) is 74.8 Å². The molecule has 0 radical (unpaired) electrons. The zero-order valence-corrected chi connectivity index (χ0v) is 23.5. The minimum Gasteiger partial charge on any atom is -0.444 e. The summed E-state index contributed by atoms with van der Waals surface area (Å²) in [6.07, 6.45) is 8.23. The van der Waals surface area contributed by atoms with Crippen LogP contribution in [-0.4, -0.2) is 58.6 Å². The summed E-state index contributed by atoms with van der Waals surface area (Å²) in [5.41, 5.74) is 4.97. The standard InChI is InChI=1S/C33H36N4O4/c1-25(41-31-4-2-3-19-39-31)32-34-15-16-37(32)23-30-24-40-33(35-30)29-13-11-27(12-14-29)6-5-26-7-9-28(10-8-26)22-36-17-20-38-21-18-36/h7-16,24-25,31H,2-4,17-23H2,1H3. The SMILES string of the molecule is CC(OC1CCCCO1)c1nccn1Cc1coc(-c2ccc(C#Cc3ccc(CN4CCOCC4)cc3)cc2)n1. The third kappa shape index (κ3) is 7.32. The molecule has 4 heterocycles. The van der Waals surface area contributed by atoms with Gasteiger partial charge in [0.15, 0.2) is 6.29 Å². The van der Waals surface area contributed by atoms with Crippen LogP contribution in [0.2, 0.25) is 0 Å². The van der Waals surface area contributed by atoms with Crippen molar-refractivity contribution < 1.29 is 18.6 Å². The lowest BCUT2D eigenvalue weighted by Crippen LogP contribution is -2.35. The molecule has 2 aliphatic heterocycles. The average Bonchev–Trinajstić information content (AvgIpc) is 3.68. The zero-order chi connectivity index (χ0) is 27.9. The van der Waals surface area contributed by atoms with Crippen LogP contribution >= 0.6 is 0 Å². The molecule has 2 unspecified atom stereocenters. The fourth-order valence-corrected chi connectivity index (χ4v) is 5.16. The van der Waals surface area contributed by atoms with E-state index in [1.807, 2.05) is 42.0 Å². The van der Waals surface area contributed by atoms with Crippen LogP contribution < -0.4 is 0 Å². The molecule has 4 aromatic rings. The molecule has 0 saturated carbocycles. The summed E-state index contributed by atoms with van der Waals surface area (Å²) >= 11 is 0. The van der Waals surface area contributed by atoms with Gasteiger partial charge in [-0.3, -0.25) is 4.90 Å². The average molecular weight is 553 g/mol. The second-order valence-corrected chi connectivity index (χ2v) is 10.5. The lowest BCUT2D eigenvalue weighted by Gasteiger charge is -2.26. The van der Waals surface area contributed by atoms with E-state index >= 15 is 0 Å². The number of aromatic nitrogens is 3. The van der Waals surface area contributed by atoms with E-state index in [2.05, 4.69) is 46.0 Å². The Kier molecular flexibility index (Phi) is 8.89. The summed E-state index contributed by atoms with van der Waals surface area (Å²) < 4.78 is 25.1. The highest BCUT2D eigenvalue weighted by Crippen LogP contribution is 2.24. The van der Waals surface area contributed by atoms with Gasteiger partial charge in [-0.25, -0.2) is 9.97 Å². The number of rotatable bonds is 8. The van der Waals surface area contributed by atoms with E-state index in [9.17, 15) is 0 Å². The largest absolute Gasteiger partial charge is 0.444 e. The first-order chi connectivity index (χ1) is 20.2. The van der Waals surface area contributed by atoms with Crippen molar-refractivity contribution in [1.82, 2.24) is 19.4 Å². The zero-order valence-electron chi connectivity index (χ0n) is 23.5. The van der Waals surface area contributed by atoms with Gasteiger partial charge < -0.3 is 23.2 Å². The minimum absolute atomic E-state index is 0.165. The Bertz CT molecular complexity index is 1450. The van der Waals surface area contributed by atoms with E-state index in [1.54, 1.807) is 12.5 Å². The van der Waals surface area contributed by atoms with Gasteiger partial charge in [-0.1, -0.05) is 24.0 Å². The van der Waals surface area contributed by atoms with Gasteiger partial charge in [-0.2, -0.15) is 0 Å². The summed E-state index contributed by atoms with van der Waals surface area (Å²) in [7, 11) is 0. The van der Waals surface area contributed by atoms with Crippen molar-refractivity contribution in [3.8, 4) is 23.3 Å². The molecule has 41 heavy (non-hydrogen) atoms. The quantitative estimate of drug-likeness (QED) is 0.270. The van der Waals surface area contributed by atoms with Crippen molar-refractivity contribution in [2.75, 3.05) is 32.9 Å².